The van der Waals surface area contributed by atoms with E-state index in [1.165, 1.54) is 12.1 Å². The van der Waals surface area contributed by atoms with Crippen LogP contribution in [0.1, 0.15) is 19.8 Å². The van der Waals surface area contributed by atoms with Crippen molar-refractivity contribution in [3.63, 3.8) is 0 Å². The Kier molecular flexibility index (Phi) is 3.69. The molecule has 19 heavy (non-hydrogen) atoms. The number of carbonyl (C=O) groups is 1. The van der Waals surface area contributed by atoms with Crippen LogP contribution in [0.5, 0.6) is 0 Å². The highest BCUT2D eigenvalue weighted by molar-refractivity contribution is 5.77. The Labute approximate surface area is 111 Å². The smallest absolute Gasteiger partial charge is 0.269 e. The number of carbonyl (C=O) groups excluding carboxylic acids is 1. The summed E-state index contributed by atoms with van der Waals surface area (Å²) in [6.45, 7) is 2.66. The number of piperidine rings is 1. The number of nitro groups is 1. The van der Waals surface area contributed by atoms with Gasteiger partial charge in [0.05, 0.1) is 10.8 Å². The fourth-order valence-electron chi connectivity index (χ4n) is 2.46. The fraction of sp³-hybridized carbons (Fsp3) is 0.462. The molecule has 0 bridgehead atoms. The summed E-state index contributed by atoms with van der Waals surface area (Å²) in [5.74, 6) is -0.426. The van der Waals surface area contributed by atoms with Gasteiger partial charge in [0.2, 0.25) is 5.91 Å². The molecule has 1 saturated heterocycles. The molecular formula is C13H17N3O3. The molecule has 1 fully saturated rings. The summed E-state index contributed by atoms with van der Waals surface area (Å²) in [6, 6.07) is 6.71. The highest BCUT2D eigenvalue weighted by Gasteiger charge is 2.28. The third-order valence-corrected chi connectivity index (χ3v) is 3.68. The van der Waals surface area contributed by atoms with Crippen LogP contribution in [0.3, 0.4) is 0 Å². The van der Waals surface area contributed by atoms with Gasteiger partial charge in [-0.1, -0.05) is 0 Å². The minimum absolute atomic E-state index is 0.0693. The number of nitrogens with two attached hydrogens (primary N) is 1. The summed E-state index contributed by atoms with van der Waals surface area (Å²) in [4.78, 5) is 23.6. The van der Waals surface area contributed by atoms with E-state index in [0.717, 1.165) is 18.5 Å². The van der Waals surface area contributed by atoms with Crippen molar-refractivity contribution in [1.82, 2.24) is 0 Å². The molecule has 102 valence electrons. The molecule has 2 rings (SSSR count). The number of non-ortho nitro benzene ring substituents is 1. The first-order valence-corrected chi connectivity index (χ1v) is 6.29. The average Bonchev–Trinajstić information content (AvgIpc) is 2.39. The molecule has 2 atom stereocenters. The van der Waals surface area contributed by atoms with Crippen LogP contribution in [0.25, 0.3) is 0 Å². The Balaban J connectivity index is 2.18. The zero-order valence-electron chi connectivity index (χ0n) is 10.8. The number of hydrogen-bond donors (Lipinski definition) is 1. The van der Waals surface area contributed by atoms with Gasteiger partial charge >= 0.3 is 0 Å². The first kappa shape index (κ1) is 13.3. The van der Waals surface area contributed by atoms with E-state index in [0.29, 0.717) is 12.6 Å². The second-order valence-corrected chi connectivity index (χ2v) is 4.95. The van der Waals surface area contributed by atoms with Crippen molar-refractivity contribution < 1.29 is 9.72 Å². The number of nitro benzene ring substituents is 1. The molecule has 0 aromatic heterocycles. The molecule has 0 spiro atoms. The summed E-state index contributed by atoms with van der Waals surface area (Å²) < 4.78 is 0. The molecule has 1 aliphatic rings. The standard InChI is InChI=1S/C13H17N3O3/c1-9-2-3-10(13(14)17)8-15(9)11-4-6-12(7-5-11)16(18)19/h4-7,9-10H,2-3,8H2,1H3,(H2,14,17). The van der Waals surface area contributed by atoms with E-state index in [1.54, 1.807) is 12.1 Å². The largest absolute Gasteiger partial charge is 0.369 e. The lowest BCUT2D eigenvalue weighted by molar-refractivity contribution is -0.384. The molecule has 0 radical (unpaired) electrons. The minimum Gasteiger partial charge on any atom is -0.369 e. The number of nitrogens with zero attached hydrogens (tertiary/aromatic N) is 2. The molecule has 0 aliphatic carbocycles. The van der Waals surface area contributed by atoms with Gasteiger partial charge in [0, 0.05) is 30.4 Å². The van der Waals surface area contributed by atoms with Crippen molar-refractivity contribution >= 4 is 17.3 Å². The van der Waals surface area contributed by atoms with Gasteiger partial charge in [-0.05, 0) is 31.9 Å². The van der Waals surface area contributed by atoms with Gasteiger partial charge < -0.3 is 10.6 Å². The van der Waals surface area contributed by atoms with E-state index < -0.39 is 4.92 Å². The van der Waals surface area contributed by atoms with Crippen LogP contribution in [0, 0.1) is 16.0 Å². The Morgan fingerprint density at radius 1 is 1.37 bits per heavy atom. The van der Waals surface area contributed by atoms with Crippen molar-refractivity contribution in [2.24, 2.45) is 11.7 Å². The predicted molar refractivity (Wildman–Crippen MR) is 71.8 cm³/mol. The number of anilines is 1. The molecular weight excluding hydrogens is 246 g/mol. The second kappa shape index (κ2) is 5.26. The van der Waals surface area contributed by atoms with Gasteiger partial charge in [0.1, 0.15) is 0 Å². The zero-order chi connectivity index (χ0) is 14.0. The highest BCUT2D eigenvalue weighted by Crippen LogP contribution is 2.28. The van der Waals surface area contributed by atoms with Crippen molar-refractivity contribution in [2.45, 2.75) is 25.8 Å². The van der Waals surface area contributed by atoms with Crippen LogP contribution in [0.15, 0.2) is 24.3 Å². The van der Waals surface area contributed by atoms with Crippen molar-refractivity contribution in [2.75, 3.05) is 11.4 Å². The Morgan fingerprint density at radius 3 is 2.53 bits per heavy atom. The fourth-order valence-corrected chi connectivity index (χ4v) is 2.46. The Morgan fingerprint density at radius 2 is 2.00 bits per heavy atom. The maximum atomic E-state index is 11.3. The average molecular weight is 263 g/mol. The Bertz CT molecular complexity index is 486. The first-order valence-electron chi connectivity index (χ1n) is 6.29. The molecule has 6 nitrogen and oxygen atoms in total. The topological polar surface area (TPSA) is 89.5 Å². The summed E-state index contributed by atoms with van der Waals surface area (Å²) in [5.41, 5.74) is 6.32. The van der Waals surface area contributed by atoms with Gasteiger partial charge in [-0.15, -0.1) is 0 Å². The summed E-state index contributed by atoms with van der Waals surface area (Å²) in [7, 11) is 0. The monoisotopic (exact) mass is 263 g/mol. The van der Waals surface area contributed by atoms with Crippen LogP contribution < -0.4 is 10.6 Å². The van der Waals surface area contributed by atoms with Gasteiger partial charge in [-0.3, -0.25) is 14.9 Å². The van der Waals surface area contributed by atoms with Gasteiger partial charge in [-0.25, -0.2) is 0 Å². The summed E-state index contributed by atoms with van der Waals surface area (Å²) in [6.07, 6.45) is 1.70. The van der Waals surface area contributed by atoms with E-state index in [2.05, 4.69) is 11.8 Å². The van der Waals surface area contributed by atoms with E-state index in [9.17, 15) is 14.9 Å². The highest BCUT2D eigenvalue weighted by atomic mass is 16.6. The lowest BCUT2D eigenvalue weighted by Gasteiger charge is -2.38. The molecule has 2 unspecified atom stereocenters. The maximum Gasteiger partial charge on any atom is 0.269 e. The predicted octanol–water partition coefficient (Wildman–Crippen LogP) is 1.68. The third-order valence-electron chi connectivity index (χ3n) is 3.68. The van der Waals surface area contributed by atoms with Gasteiger partial charge in [-0.2, -0.15) is 0 Å². The molecule has 1 aromatic rings. The molecule has 6 heteroatoms. The molecule has 1 heterocycles. The van der Waals surface area contributed by atoms with E-state index >= 15 is 0 Å². The minimum atomic E-state index is -0.421. The lowest BCUT2D eigenvalue weighted by Crippen LogP contribution is -2.45. The van der Waals surface area contributed by atoms with Gasteiger partial charge in [0.25, 0.3) is 5.69 Å². The van der Waals surface area contributed by atoms with Crippen LogP contribution >= 0.6 is 0 Å². The van der Waals surface area contributed by atoms with Crippen molar-refractivity contribution in [3.8, 4) is 0 Å². The molecule has 1 aliphatic heterocycles. The summed E-state index contributed by atoms with van der Waals surface area (Å²) >= 11 is 0. The van der Waals surface area contributed by atoms with Crippen LogP contribution in [0.2, 0.25) is 0 Å². The van der Waals surface area contributed by atoms with Gasteiger partial charge in [0.15, 0.2) is 0 Å². The second-order valence-electron chi connectivity index (χ2n) is 4.95. The Hall–Kier alpha value is -2.11. The summed E-state index contributed by atoms with van der Waals surface area (Å²) in [5, 5.41) is 10.6. The van der Waals surface area contributed by atoms with Crippen LogP contribution in [-0.4, -0.2) is 23.4 Å². The molecule has 1 amide bonds. The number of amides is 1. The number of hydrogen-bond acceptors (Lipinski definition) is 4. The van der Waals surface area contributed by atoms with Crippen LogP contribution in [-0.2, 0) is 4.79 Å². The lowest BCUT2D eigenvalue weighted by atomic mass is 9.92. The van der Waals surface area contributed by atoms with E-state index in [-0.39, 0.29) is 17.5 Å². The van der Waals surface area contributed by atoms with Crippen LogP contribution in [0.4, 0.5) is 11.4 Å². The zero-order valence-corrected chi connectivity index (χ0v) is 10.8. The molecule has 0 saturated carbocycles. The van der Waals surface area contributed by atoms with E-state index in [4.69, 9.17) is 5.73 Å². The number of benzene rings is 1. The maximum absolute atomic E-state index is 11.3. The van der Waals surface area contributed by atoms with E-state index in [1.807, 2.05) is 0 Å². The van der Waals surface area contributed by atoms with Crippen molar-refractivity contribution in [3.05, 3.63) is 34.4 Å². The molecule has 2 N–H and O–H groups in total. The SMILES string of the molecule is CC1CCC(C(N)=O)CN1c1ccc([N+](=O)[O-])cc1. The molecule has 1 aromatic carbocycles. The quantitative estimate of drug-likeness (QED) is 0.663. The number of rotatable bonds is 3. The third kappa shape index (κ3) is 2.83. The van der Waals surface area contributed by atoms with Crippen molar-refractivity contribution in [1.29, 1.82) is 0 Å². The number of primary amides is 1. The normalized spacial score (nSPS) is 23.1. The first-order chi connectivity index (χ1) is 8.99.